The Hall–Kier alpha value is -1.13. The molecule has 10 nitrogen and oxygen atoms in total. The molecule has 0 aliphatic heterocycles. The molecule has 1 aromatic heterocycles. The van der Waals surface area contributed by atoms with Crippen LogP contribution in [0.2, 0.25) is 0 Å². The Balaban J connectivity index is 0.000000288. The van der Waals surface area contributed by atoms with E-state index in [0.29, 0.717) is 5.16 Å². The molecule has 0 aliphatic carbocycles. The van der Waals surface area contributed by atoms with E-state index in [2.05, 4.69) is 32.5 Å². The zero-order valence-electron chi connectivity index (χ0n) is 7.64. The van der Waals surface area contributed by atoms with Crippen LogP contribution < -0.4 is 5.73 Å². The van der Waals surface area contributed by atoms with Gasteiger partial charge in [-0.2, -0.15) is 9.66 Å². The Morgan fingerprint density at radius 3 is 2.38 bits per heavy atom. The van der Waals surface area contributed by atoms with Crippen molar-refractivity contribution in [2.75, 3.05) is 11.9 Å². The average molecular weight is 272 g/mol. The summed E-state index contributed by atoms with van der Waals surface area (Å²) in [6.45, 7) is 0. The molecule has 0 aliphatic rings. The monoisotopic (exact) mass is 272 g/mol. The Labute approximate surface area is 94.3 Å². The van der Waals surface area contributed by atoms with Gasteiger partial charge in [-0.3, -0.25) is 14.5 Å². The zero-order chi connectivity index (χ0) is 12.8. The number of nitrogens with two attached hydrogens (primary N) is 1. The smallest absolute Gasteiger partial charge is 0.366 e. The van der Waals surface area contributed by atoms with Gasteiger partial charge in [-0.1, -0.05) is 0 Å². The molecule has 1 heterocycles. The number of carboxylic acid groups (broad SMARTS) is 1. The number of aromatic amines is 1. The first-order valence-corrected chi connectivity index (χ1v) is 5.71. The van der Waals surface area contributed by atoms with Crippen LogP contribution in [0, 0.1) is 0 Å². The number of nitrogens with zero attached hydrogens (tertiary/aromatic N) is 2. The van der Waals surface area contributed by atoms with Crippen molar-refractivity contribution >= 4 is 32.1 Å². The van der Waals surface area contributed by atoms with Crippen LogP contribution in [0.5, 0.6) is 0 Å². The van der Waals surface area contributed by atoms with E-state index >= 15 is 0 Å². The molecule has 0 saturated heterocycles. The van der Waals surface area contributed by atoms with Gasteiger partial charge in [0.25, 0.3) is 0 Å². The highest BCUT2D eigenvalue weighted by Gasteiger charge is 2.23. The Bertz CT molecular complexity index is 379. The number of thiol groups is 1. The maximum absolute atomic E-state index is 10.1. The number of aliphatic carboxylic acids is 1. The lowest BCUT2D eigenvalue weighted by molar-refractivity contribution is -0.149. The van der Waals surface area contributed by atoms with Crippen LogP contribution in [-0.2, 0) is 14.0 Å². The number of anilines is 1. The van der Waals surface area contributed by atoms with E-state index in [9.17, 15) is 9.36 Å². The van der Waals surface area contributed by atoms with Gasteiger partial charge in [0.1, 0.15) is 6.16 Å². The van der Waals surface area contributed by atoms with Crippen LogP contribution >= 0.6 is 20.2 Å². The van der Waals surface area contributed by atoms with Crippen molar-refractivity contribution in [1.82, 2.24) is 15.2 Å². The van der Waals surface area contributed by atoms with Crippen molar-refractivity contribution in [3.63, 3.8) is 0 Å². The Kier molecular flexibility index (Phi) is 6.00. The molecule has 0 saturated carbocycles. The lowest BCUT2D eigenvalue weighted by Crippen LogP contribution is -2.03. The summed E-state index contributed by atoms with van der Waals surface area (Å²) in [4.78, 5) is 21.4. The van der Waals surface area contributed by atoms with Crippen LogP contribution in [0.3, 0.4) is 0 Å². The normalized spacial score (nSPS) is 13.4. The second-order valence-electron chi connectivity index (χ2n) is 2.29. The van der Waals surface area contributed by atoms with Gasteiger partial charge in [0.2, 0.25) is 5.95 Å². The van der Waals surface area contributed by atoms with Crippen molar-refractivity contribution in [1.29, 1.82) is 0 Å². The van der Waals surface area contributed by atoms with Gasteiger partial charge in [-0.05, 0) is 0 Å². The third-order valence-electron chi connectivity index (χ3n) is 0.954. The van der Waals surface area contributed by atoms with Crippen molar-refractivity contribution < 1.29 is 29.3 Å². The number of rotatable bonds is 3. The van der Waals surface area contributed by atoms with Gasteiger partial charge in [0, 0.05) is 0 Å². The lowest BCUT2D eigenvalue weighted by Gasteiger charge is -2.00. The molecular formula is C4H9N4O6PS. The third kappa shape index (κ3) is 7.20. The van der Waals surface area contributed by atoms with Crippen LogP contribution in [0.4, 0.5) is 5.95 Å². The predicted octanol–water partition coefficient (Wildman–Crippen LogP) is -0.578. The summed E-state index contributed by atoms with van der Waals surface area (Å²) in [6.07, 6.45) is -1.09. The van der Waals surface area contributed by atoms with Gasteiger partial charge < -0.3 is 15.7 Å². The number of carbonyl (C=O) groups is 1. The van der Waals surface area contributed by atoms with Crippen molar-refractivity contribution in [3.8, 4) is 0 Å². The standard InChI is InChI=1S/C2H4N4S.C2H5O6P/c3-1-4-2(7)6-5-1;3-2(4)1-9(6,7)8-5/h(H4,3,4,5,6,7);5H,1H2,(H,3,4)(H,6,7). The number of hydrogen-bond donors (Lipinski definition) is 6. The lowest BCUT2D eigenvalue weighted by atomic mass is 10.8. The van der Waals surface area contributed by atoms with Crippen molar-refractivity contribution in [3.05, 3.63) is 0 Å². The number of hydrogen-bond acceptors (Lipinski definition) is 8. The molecule has 1 rings (SSSR count). The molecule has 0 radical (unpaired) electrons. The fourth-order valence-corrected chi connectivity index (χ4v) is 1.02. The Morgan fingerprint density at radius 2 is 2.25 bits per heavy atom. The largest absolute Gasteiger partial charge is 0.481 e. The second kappa shape index (κ2) is 6.45. The highest BCUT2D eigenvalue weighted by Crippen LogP contribution is 2.39. The molecule has 1 unspecified atom stereocenters. The molecule has 0 bridgehead atoms. The van der Waals surface area contributed by atoms with Crippen LogP contribution in [0.1, 0.15) is 0 Å². The maximum atomic E-state index is 10.1. The number of nitrogen functional groups attached to an aromatic ring is 1. The SMILES string of the molecule is Nc1n[nH]c(S)n1.O=C(O)CP(=O)(O)OO. The minimum atomic E-state index is -4.27. The topological polar surface area (TPSA) is 172 Å². The van der Waals surface area contributed by atoms with E-state index in [1.807, 2.05) is 0 Å². The first-order valence-electron chi connectivity index (χ1n) is 3.50. The Morgan fingerprint density at radius 1 is 1.69 bits per heavy atom. The van der Waals surface area contributed by atoms with E-state index in [4.69, 9.17) is 21.0 Å². The summed E-state index contributed by atoms with van der Waals surface area (Å²) < 4.78 is 13.1. The molecule has 0 aromatic carbocycles. The fourth-order valence-electron chi connectivity index (χ4n) is 0.466. The highest BCUT2D eigenvalue weighted by atomic mass is 32.1. The van der Waals surface area contributed by atoms with Crippen molar-refractivity contribution in [2.24, 2.45) is 0 Å². The predicted molar refractivity (Wildman–Crippen MR) is 54.1 cm³/mol. The molecule has 12 heteroatoms. The minimum Gasteiger partial charge on any atom is -0.481 e. The molecule has 1 atom stereocenters. The van der Waals surface area contributed by atoms with Gasteiger partial charge in [0.15, 0.2) is 5.16 Å². The number of H-pyrrole nitrogens is 1. The zero-order valence-corrected chi connectivity index (χ0v) is 9.43. The van der Waals surface area contributed by atoms with Crippen molar-refractivity contribution in [2.45, 2.75) is 5.16 Å². The maximum Gasteiger partial charge on any atom is 0.366 e. The number of carboxylic acids is 1. The molecule has 6 N–H and O–H groups in total. The van der Waals surface area contributed by atoms with Gasteiger partial charge >= 0.3 is 13.6 Å². The summed E-state index contributed by atoms with van der Waals surface area (Å²) in [6, 6.07) is 0. The number of aromatic nitrogens is 3. The molecule has 92 valence electrons. The first-order chi connectivity index (χ1) is 7.26. The van der Waals surface area contributed by atoms with Crippen LogP contribution in [0.25, 0.3) is 0 Å². The molecular weight excluding hydrogens is 263 g/mol. The van der Waals surface area contributed by atoms with E-state index in [0.717, 1.165) is 0 Å². The average Bonchev–Trinajstić information content (AvgIpc) is 2.49. The molecule has 16 heavy (non-hydrogen) atoms. The quantitative estimate of drug-likeness (QED) is 0.182. The van der Waals surface area contributed by atoms with E-state index in [1.54, 1.807) is 0 Å². The van der Waals surface area contributed by atoms with E-state index < -0.39 is 19.7 Å². The molecule has 1 aromatic rings. The number of nitrogens with one attached hydrogen (secondary N) is 1. The molecule has 0 fully saturated rings. The van der Waals surface area contributed by atoms with E-state index in [1.165, 1.54) is 0 Å². The van der Waals surface area contributed by atoms with Crippen LogP contribution in [0.15, 0.2) is 5.16 Å². The highest BCUT2D eigenvalue weighted by molar-refractivity contribution is 7.80. The van der Waals surface area contributed by atoms with E-state index in [-0.39, 0.29) is 5.95 Å². The van der Waals surface area contributed by atoms with Gasteiger partial charge in [-0.25, -0.2) is 5.26 Å². The fraction of sp³-hybridized carbons (Fsp3) is 0.250. The second-order valence-corrected chi connectivity index (χ2v) is 4.47. The first kappa shape index (κ1) is 14.9. The minimum absolute atomic E-state index is 0.227. The summed E-state index contributed by atoms with van der Waals surface area (Å²) in [7, 11) is -4.27. The van der Waals surface area contributed by atoms with Gasteiger partial charge in [0.05, 0.1) is 0 Å². The van der Waals surface area contributed by atoms with Crippen LogP contribution in [-0.4, -0.2) is 42.6 Å². The summed E-state index contributed by atoms with van der Waals surface area (Å²) in [5.41, 5.74) is 5.08. The molecule has 0 spiro atoms. The third-order valence-corrected chi connectivity index (χ3v) is 2.08. The molecule has 0 amide bonds. The summed E-state index contributed by atoms with van der Waals surface area (Å²) >= 11 is 3.80. The summed E-state index contributed by atoms with van der Waals surface area (Å²) in [5, 5.41) is 21.8. The van der Waals surface area contributed by atoms with Gasteiger partial charge in [-0.15, -0.1) is 17.7 Å². The summed E-state index contributed by atoms with van der Waals surface area (Å²) in [5.74, 6) is -1.28.